The fourth-order valence-corrected chi connectivity index (χ4v) is 5.46. The van der Waals surface area contributed by atoms with Gasteiger partial charge in [-0.15, -0.1) is 11.3 Å². The number of fused-ring (bicyclic) bond motifs is 1. The second kappa shape index (κ2) is 10.5. The number of halogens is 1. The molecule has 4 aromatic rings. The molecular formula is C29H24ClNO3S. The third kappa shape index (κ3) is 5.16. The summed E-state index contributed by atoms with van der Waals surface area (Å²) in [7, 11) is 0. The standard InChI is InChI=1S/C29H24ClNO3S/c1-2-33-29(32)24(17-19-9-5-3-6-10-19)25-18-23(20-13-15-22(30)16-14-20)26-27(34-25)31-28(35-26)21-11-7-4-8-12-21/h3-16,23H,2,17-18H2,1H3/b25-24-. The van der Waals surface area contributed by atoms with Crippen molar-refractivity contribution in [2.75, 3.05) is 6.61 Å². The van der Waals surface area contributed by atoms with Crippen molar-refractivity contribution in [3.8, 4) is 16.5 Å². The van der Waals surface area contributed by atoms with Gasteiger partial charge in [-0.1, -0.05) is 84.4 Å². The molecule has 4 nitrogen and oxygen atoms in total. The van der Waals surface area contributed by atoms with E-state index < -0.39 is 0 Å². The molecule has 0 bridgehead atoms. The average Bonchev–Trinajstić information content (AvgIpc) is 3.33. The smallest absolute Gasteiger partial charge is 0.337 e. The Labute approximate surface area is 213 Å². The second-order valence-electron chi connectivity index (χ2n) is 8.25. The molecular weight excluding hydrogens is 478 g/mol. The Morgan fingerprint density at radius 3 is 2.40 bits per heavy atom. The van der Waals surface area contributed by atoms with E-state index in [1.165, 1.54) is 0 Å². The van der Waals surface area contributed by atoms with Gasteiger partial charge in [0, 0.05) is 29.3 Å². The van der Waals surface area contributed by atoms with Crippen LogP contribution in [0.4, 0.5) is 0 Å². The largest absolute Gasteiger partial charge is 0.463 e. The molecule has 1 aliphatic heterocycles. The SMILES string of the molecule is CCOC(=O)/C(Cc1ccccc1)=C1/CC(c2ccc(Cl)cc2)c2sc(-c3ccccc3)nc2O1. The van der Waals surface area contributed by atoms with Crippen LogP contribution in [0, 0.1) is 0 Å². The summed E-state index contributed by atoms with van der Waals surface area (Å²) in [5.41, 5.74) is 3.68. The summed E-state index contributed by atoms with van der Waals surface area (Å²) < 4.78 is 11.8. The minimum atomic E-state index is -0.358. The minimum Gasteiger partial charge on any atom is -0.463 e. The molecule has 3 aromatic carbocycles. The van der Waals surface area contributed by atoms with Crippen LogP contribution in [0.15, 0.2) is 96.3 Å². The number of ether oxygens (including phenoxy) is 2. The Morgan fingerprint density at radius 1 is 1.03 bits per heavy atom. The Hall–Kier alpha value is -3.41. The van der Waals surface area contributed by atoms with E-state index >= 15 is 0 Å². The number of nitrogens with zero attached hydrogens (tertiary/aromatic N) is 1. The van der Waals surface area contributed by atoms with E-state index in [9.17, 15) is 4.79 Å². The maximum Gasteiger partial charge on any atom is 0.337 e. The third-order valence-corrected chi connectivity index (χ3v) is 7.37. The molecule has 176 valence electrons. The molecule has 1 aromatic heterocycles. The maximum atomic E-state index is 13.1. The van der Waals surface area contributed by atoms with Gasteiger partial charge in [0.15, 0.2) is 0 Å². The van der Waals surface area contributed by atoms with Crippen molar-refractivity contribution in [1.82, 2.24) is 4.98 Å². The first-order valence-electron chi connectivity index (χ1n) is 11.5. The van der Waals surface area contributed by atoms with Gasteiger partial charge in [0.05, 0.1) is 17.1 Å². The zero-order valence-electron chi connectivity index (χ0n) is 19.2. The van der Waals surface area contributed by atoms with Crippen molar-refractivity contribution in [3.63, 3.8) is 0 Å². The van der Waals surface area contributed by atoms with E-state index in [4.69, 9.17) is 26.1 Å². The van der Waals surface area contributed by atoms with Crippen LogP contribution in [0.5, 0.6) is 5.88 Å². The van der Waals surface area contributed by atoms with Crippen LogP contribution in [0.25, 0.3) is 10.6 Å². The van der Waals surface area contributed by atoms with Crippen molar-refractivity contribution >= 4 is 28.9 Å². The van der Waals surface area contributed by atoms with E-state index in [0.29, 0.717) is 41.7 Å². The number of aromatic nitrogens is 1. The number of carbonyl (C=O) groups is 1. The maximum absolute atomic E-state index is 13.1. The summed E-state index contributed by atoms with van der Waals surface area (Å²) in [6.07, 6.45) is 0.958. The molecule has 1 aliphatic rings. The molecule has 35 heavy (non-hydrogen) atoms. The lowest BCUT2D eigenvalue weighted by Crippen LogP contribution is -2.20. The van der Waals surface area contributed by atoms with Crippen molar-refractivity contribution in [2.45, 2.75) is 25.7 Å². The summed E-state index contributed by atoms with van der Waals surface area (Å²) >= 11 is 7.80. The molecule has 0 aliphatic carbocycles. The summed E-state index contributed by atoms with van der Waals surface area (Å²) in [4.78, 5) is 19.0. The van der Waals surface area contributed by atoms with Gasteiger partial charge in [0.2, 0.25) is 5.88 Å². The molecule has 0 radical (unpaired) electrons. The number of hydrogen-bond acceptors (Lipinski definition) is 5. The Bertz CT molecular complexity index is 1350. The Kier molecular flexibility index (Phi) is 6.98. The van der Waals surface area contributed by atoms with E-state index in [0.717, 1.165) is 26.6 Å². The molecule has 0 amide bonds. The first-order chi connectivity index (χ1) is 17.1. The molecule has 5 rings (SSSR count). The van der Waals surface area contributed by atoms with Crippen LogP contribution in [0.3, 0.4) is 0 Å². The average molecular weight is 502 g/mol. The van der Waals surface area contributed by atoms with Gasteiger partial charge in [-0.2, -0.15) is 0 Å². The molecule has 0 saturated heterocycles. The highest BCUT2D eigenvalue weighted by Gasteiger charge is 2.34. The van der Waals surface area contributed by atoms with Crippen molar-refractivity contribution in [3.05, 3.63) is 117 Å². The number of hydrogen-bond donors (Lipinski definition) is 0. The first-order valence-corrected chi connectivity index (χ1v) is 12.7. The summed E-state index contributed by atoms with van der Waals surface area (Å²) in [6.45, 7) is 2.11. The Morgan fingerprint density at radius 2 is 1.71 bits per heavy atom. The summed E-state index contributed by atoms with van der Waals surface area (Å²) in [6, 6.07) is 27.8. The van der Waals surface area contributed by atoms with Gasteiger partial charge in [0.25, 0.3) is 0 Å². The summed E-state index contributed by atoms with van der Waals surface area (Å²) in [5.74, 6) is 0.777. The topological polar surface area (TPSA) is 48.4 Å². The van der Waals surface area contributed by atoms with Gasteiger partial charge in [0.1, 0.15) is 10.8 Å². The lowest BCUT2D eigenvalue weighted by atomic mass is 9.89. The molecule has 0 spiro atoms. The second-order valence-corrected chi connectivity index (χ2v) is 9.72. The number of allylic oxidation sites excluding steroid dienone is 1. The number of benzene rings is 3. The van der Waals surface area contributed by atoms with E-state index in [1.54, 1.807) is 11.3 Å². The quantitative estimate of drug-likeness (QED) is 0.203. The predicted molar refractivity (Wildman–Crippen MR) is 140 cm³/mol. The van der Waals surface area contributed by atoms with E-state index in [1.807, 2.05) is 91.9 Å². The van der Waals surface area contributed by atoms with E-state index in [-0.39, 0.29) is 11.9 Å². The van der Waals surface area contributed by atoms with Gasteiger partial charge in [-0.25, -0.2) is 9.78 Å². The van der Waals surface area contributed by atoms with Crippen molar-refractivity contribution in [2.24, 2.45) is 0 Å². The molecule has 6 heteroatoms. The summed E-state index contributed by atoms with van der Waals surface area (Å²) in [5, 5.41) is 1.57. The Balaban J connectivity index is 1.62. The molecule has 2 heterocycles. The van der Waals surface area contributed by atoms with E-state index in [2.05, 4.69) is 0 Å². The highest BCUT2D eigenvalue weighted by Crippen LogP contribution is 2.47. The monoisotopic (exact) mass is 501 g/mol. The fourth-order valence-electron chi connectivity index (χ4n) is 4.20. The van der Waals surface area contributed by atoms with Gasteiger partial charge >= 0.3 is 5.97 Å². The fraction of sp³-hybridized carbons (Fsp3) is 0.172. The van der Waals surface area contributed by atoms with Gasteiger partial charge < -0.3 is 9.47 Å². The molecule has 1 atom stereocenters. The first kappa shape index (κ1) is 23.3. The molecule has 0 saturated carbocycles. The number of esters is 1. The number of rotatable bonds is 6. The van der Waals surface area contributed by atoms with Crippen LogP contribution in [-0.4, -0.2) is 17.6 Å². The van der Waals surface area contributed by atoms with Crippen molar-refractivity contribution < 1.29 is 14.3 Å². The van der Waals surface area contributed by atoms with Crippen molar-refractivity contribution in [1.29, 1.82) is 0 Å². The number of carbonyl (C=O) groups excluding carboxylic acids is 1. The van der Waals surface area contributed by atoms with Crippen LogP contribution in [-0.2, 0) is 16.0 Å². The van der Waals surface area contributed by atoms with Crippen LogP contribution in [0.2, 0.25) is 5.02 Å². The molecule has 0 fully saturated rings. The normalized spacial score (nSPS) is 16.2. The lowest BCUT2D eigenvalue weighted by Gasteiger charge is -2.26. The van der Waals surface area contributed by atoms with Gasteiger partial charge in [-0.05, 0) is 30.2 Å². The highest BCUT2D eigenvalue weighted by molar-refractivity contribution is 7.15. The zero-order chi connectivity index (χ0) is 24.2. The molecule has 0 N–H and O–H groups in total. The molecule has 1 unspecified atom stereocenters. The number of thiazole rings is 1. The predicted octanol–water partition coefficient (Wildman–Crippen LogP) is 7.44. The van der Waals surface area contributed by atoms with Crippen LogP contribution in [0.1, 0.15) is 35.3 Å². The van der Waals surface area contributed by atoms with Gasteiger partial charge in [-0.3, -0.25) is 0 Å². The third-order valence-electron chi connectivity index (χ3n) is 5.92. The minimum absolute atomic E-state index is 0.0128. The lowest BCUT2D eigenvalue weighted by molar-refractivity contribution is -0.138. The van der Waals surface area contributed by atoms with Crippen LogP contribution >= 0.6 is 22.9 Å². The highest BCUT2D eigenvalue weighted by atomic mass is 35.5. The van der Waals surface area contributed by atoms with Crippen LogP contribution < -0.4 is 4.74 Å². The zero-order valence-corrected chi connectivity index (χ0v) is 20.8.